The summed E-state index contributed by atoms with van der Waals surface area (Å²) in [6, 6.07) is 20.9. The van der Waals surface area contributed by atoms with Crippen molar-refractivity contribution < 1.29 is 4.43 Å². The third-order valence-electron chi connectivity index (χ3n) is 6.71. The molecule has 0 saturated heterocycles. The van der Waals surface area contributed by atoms with Crippen molar-refractivity contribution in [3.8, 4) is 0 Å². The zero-order valence-corrected chi connectivity index (χ0v) is 21.3. The fraction of sp³-hybridized carbons (Fsp3) is 0.346. The second-order valence-corrected chi connectivity index (χ2v) is 14.4. The molecule has 33 heavy (non-hydrogen) atoms. The average molecular weight is 478 g/mol. The SMILES string of the molecule is Cc1ncc(Cl)c2c1C[C@@H](CO[Si](c1ccccc1)(c1ccccc1)C(C)(C)C)[C@@H]2N=[N+]=N. The van der Waals surface area contributed by atoms with Crippen LogP contribution in [0, 0.1) is 18.4 Å². The number of fused-ring (bicyclic) bond motifs is 1. The molecular formula is C26H30ClN4OSi+. The first kappa shape index (κ1) is 23.5. The highest BCUT2D eigenvalue weighted by Gasteiger charge is 2.51. The zero-order valence-electron chi connectivity index (χ0n) is 19.5. The largest absolute Gasteiger partial charge is 0.407 e. The Balaban J connectivity index is 1.78. The summed E-state index contributed by atoms with van der Waals surface area (Å²) in [5.74, 6) is 0.0381. The highest BCUT2D eigenvalue weighted by Crippen LogP contribution is 2.45. The standard InChI is InChI=1S/C26H30ClN4OSi/c1-18-22-15-19(25(30-31-28)24(22)23(27)16-29-18)17-32-33(26(2,3)4,20-11-7-5-8-12-20)21-13-9-6-10-14-21/h5-14,16,19,25,28H,15,17H2,1-4H3/q+1/t19-,25-/m0/s1. The van der Waals surface area contributed by atoms with Crippen molar-refractivity contribution >= 4 is 30.3 Å². The summed E-state index contributed by atoms with van der Waals surface area (Å²) in [5.41, 5.74) is 10.4. The molecule has 0 bridgehead atoms. The van der Waals surface area contributed by atoms with Gasteiger partial charge in [0.15, 0.2) is 6.04 Å². The highest BCUT2D eigenvalue weighted by atomic mass is 35.5. The predicted molar refractivity (Wildman–Crippen MR) is 135 cm³/mol. The lowest BCUT2D eigenvalue weighted by molar-refractivity contribution is 0.219. The van der Waals surface area contributed by atoms with Gasteiger partial charge >= 0.3 is 0 Å². The van der Waals surface area contributed by atoms with Gasteiger partial charge in [0.1, 0.15) is 10.6 Å². The van der Waals surface area contributed by atoms with Gasteiger partial charge in [-0.3, -0.25) is 4.98 Å². The van der Waals surface area contributed by atoms with Crippen LogP contribution in [0.3, 0.4) is 0 Å². The fourth-order valence-corrected chi connectivity index (χ4v) is 10.1. The topological polar surface area (TPSA) is 72.4 Å². The van der Waals surface area contributed by atoms with Crippen LogP contribution in [-0.4, -0.2) is 19.9 Å². The van der Waals surface area contributed by atoms with Crippen LogP contribution in [0.5, 0.6) is 0 Å². The van der Waals surface area contributed by atoms with Crippen molar-refractivity contribution in [1.82, 2.24) is 9.90 Å². The van der Waals surface area contributed by atoms with Crippen molar-refractivity contribution in [2.75, 3.05) is 6.61 Å². The molecule has 170 valence electrons. The molecule has 3 aromatic rings. The normalized spacial score (nSPS) is 18.0. The van der Waals surface area contributed by atoms with E-state index in [0.717, 1.165) is 23.2 Å². The van der Waals surface area contributed by atoms with Crippen LogP contribution < -0.4 is 15.3 Å². The molecule has 0 amide bonds. The maximum atomic E-state index is 7.41. The molecule has 1 aliphatic carbocycles. The first-order valence-electron chi connectivity index (χ1n) is 11.2. The minimum Gasteiger partial charge on any atom is -0.407 e. The van der Waals surface area contributed by atoms with Gasteiger partial charge in [0, 0.05) is 30.0 Å². The molecule has 0 spiro atoms. The van der Waals surface area contributed by atoms with Gasteiger partial charge in [-0.05, 0) is 34.3 Å². The lowest BCUT2D eigenvalue weighted by Gasteiger charge is -2.43. The van der Waals surface area contributed by atoms with Gasteiger partial charge in [-0.15, -0.1) is 0 Å². The Labute approximate surface area is 201 Å². The lowest BCUT2D eigenvalue weighted by Crippen LogP contribution is -2.67. The summed E-state index contributed by atoms with van der Waals surface area (Å²) in [7, 11) is -2.67. The van der Waals surface area contributed by atoms with E-state index in [4.69, 9.17) is 21.6 Å². The summed E-state index contributed by atoms with van der Waals surface area (Å²) in [6.45, 7) is 9.31. The van der Waals surface area contributed by atoms with Crippen molar-refractivity contribution in [2.24, 2.45) is 11.0 Å². The van der Waals surface area contributed by atoms with Gasteiger partial charge in [-0.1, -0.05) is 93.0 Å². The average Bonchev–Trinajstić information content (AvgIpc) is 3.17. The first-order chi connectivity index (χ1) is 15.8. The van der Waals surface area contributed by atoms with E-state index in [-0.39, 0.29) is 17.0 Å². The number of hydrogen-bond acceptors (Lipinski definition) is 4. The number of halogens is 1. The van der Waals surface area contributed by atoms with Crippen LogP contribution in [0.1, 0.15) is 43.6 Å². The molecule has 0 unspecified atom stereocenters. The van der Waals surface area contributed by atoms with Gasteiger partial charge in [-0.2, -0.15) is 0 Å². The molecule has 5 nitrogen and oxygen atoms in total. The number of nitrogens with zero attached hydrogens (tertiary/aromatic N) is 3. The summed E-state index contributed by atoms with van der Waals surface area (Å²) >= 11 is 6.53. The maximum Gasteiger partial charge on any atom is 0.261 e. The summed E-state index contributed by atoms with van der Waals surface area (Å²) in [4.78, 5) is 7.84. The Bertz CT molecular complexity index is 1130. The minimum absolute atomic E-state index is 0.0381. The van der Waals surface area contributed by atoms with Crippen LogP contribution >= 0.6 is 11.6 Å². The van der Waals surface area contributed by atoms with E-state index in [1.54, 1.807) is 6.20 Å². The monoisotopic (exact) mass is 477 g/mol. The molecule has 0 aliphatic heterocycles. The Morgan fingerprint density at radius 1 is 1.09 bits per heavy atom. The molecular weight excluding hydrogens is 448 g/mol. The van der Waals surface area contributed by atoms with Crippen molar-refractivity contribution in [1.29, 1.82) is 5.53 Å². The summed E-state index contributed by atoms with van der Waals surface area (Å²) < 4.78 is 7.15. The number of rotatable bonds is 6. The smallest absolute Gasteiger partial charge is 0.261 e. The van der Waals surface area contributed by atoms with E-state index < -0.39 is 8.32 Å². The highest BCUT2D eigenvalue weighted by molar-refractivity contribution is 6.99. The second kappa shape index (κ2) is 9.32. The number of aryl methyl sites for hydroxylation is 1. The fourth-order valence-electron chi connectivity index (χ4n) is 5.18. The maximum absolute atomic E-state index is 7.41. The molecule has 7 heteroatoms. The van der Waals surface area contributed by atoms with E-state index in [1.165, 1.54) is 10.4 Å². The number of pyridine rings is 1. The molecule has 0 fully saturated rings. The van der Waals surface area contributed by atoms with Crippen LogP contribution in [0.4, 0.5) is 0 Å². The molecule has 2 atom stereocenters. The zero-order chi connectivity index (χ0) is 23.6. The van der Waals surface area contributed by atoms with E-state index in [0.29, 0.717) is 11.6 Å². The summed E-state index contributed by atoms with van der Waals surface area (Å²) in [5, 5.41) is 7.24. The van der Waals surface area contributed by atoms with Gasteiger partial charge in [-0.25, -0.2) is 0 Å². The van der Waals surface area contributed by atoms with Gasteiger partial charge in [0.05, 0.1) is 5.02 Å². The Hall–Kier alpha value is -2.63. The minimum atomic E-state index is -2.67. The third-order valence-corrected chi connectivity index (χ3v) is 12.0. The van der Waals surface area contributed by atoms with E-state index in [1.807, 2.05) is 19.1 Å². The van der Waals surface area contributed by atoms with Crippen molar-refractivity contribution in [2.45, 2.75) is 45.2 Å². The van der Waals surface area contributed by atoms with Gasteiger partial charge in [0.25, 0.3) is 8.32 Å². The quantitative estimate of drug-likeness (QED) is 0.294. The van der Waals surface area contributed by atoms with Gasteiger partial charge in [0.2, 0.25) is 4.91 Å². The van der Waals surface area contributed by atoms with Crippen molar-refractivity contribution in [3.05, 3.63) is 88.7 Å². The molecule has 1 aromatic heterocycles. The Kier molecular flexibility index (Phi) is 6.64. The predicted octanol–water partition coefficient (Wildman–Crippen LogP) is 5.38. The number of aromatic nitrogens is 1. The molecule has 2 aromatic carbocycles. The number of hydrogen-bond donors (Lipinski definition) is 1. The molecule has 1 N–H and O–H groups in total. The lowest BCUT2D eigenvalue weighted by atomic mass is 10.0. The molecule has 0 saturated carbocycles. The number of nitrogens with one attached hydrogen (secondary N) is 1. The van der Waals surface area contributed by atoms with Crippen LogP contribution in [-0.2, 0) is 10.8 Å². The van der Waals surface area contributed by atoms with Crippen LogP contribution in [0.2, 0.25) is 10.1 Å². The molecule has 0 radical (unpaired) electrons. The Morgan fingerprint density at radius 3 is 2.18 bits per heavy atom. The van der Waals surface area contributed by atoms with Crippen molar-refractivity contribution in [3.63, 3.8) is 0 Å². The Morgan fingerprint density at radius 2 is 1.67 bits per heavy atom. The first-order valence-corrected chi connectivity index (χ1v) is 13.5. The van der Waals surface area contributed by atoms with E-state index >= 15 is 0 Å². The number of benzene rings is 2. The second-order valence-electron chi connectivity index (χ2n) is 9.68. The molecule has 1 heterocycles. The van der Waals surface area contributed by atoms with Crippen LogP contribution in [0.15, 0.2) is 72.0 Å². The van der Waals surface area contributed by atoms with Gasteiger partial charge < -0.3 is 4.43 Å². The molecule has 4 rings (SSSR count). The summed E-state index contributed by atoms with van der Waals surface area (Å²) in [6.07, 6.45) is 2.43. The third kappa shape index (κ3) is 4.20. The van der Waals surface area contributed by atoms with Crippen LogP contribution in [0.25, 0.3) is 0 Å². The molecule has 1 aliphatic rings. The van der Waals surface area contributed by atoms with E-state index in [2.05, 4.69) is 84.3 Å². The van der Waals surface area contributed by atoms with E-state index in [9.17, 15) is 0 Å².